The first-order valence-corrected chi connectivity index (χ1v) is 10.3. The highest BCUT2D eigenvalue weighted by Crippen LogP contribution is 2.41. The van der Waals surface area contributed by atoms with E-state index in [4.69, 9.17) is 4.98 Å². The van der Waals surface area contributed by atoms with Crippen LogP contribution in [0.1, 0.15) is 74.4 Å². The summed E-state index contributed by atoms with van der Waals surface area (Å²) in [6, 6.07) is 0.226. The number of hydrogen-bond acceptors (Lipinski definition) is 6. The lowest BCUT2D eigenvalue weighted by atomic mass is 10.2. The number of hydrogen-bond donors (Lipinski definition) is 0. The fraction of sp³-hybridized carbons (Fsp3) is 0.632. The van der Waals surface area contributed by atoms with Crippen LogP contribution >= 0.6 is 0 Å². The van der Waals surface area contributed by atoms with Crippen LogP contribution in [0, 0.1) is 0 Å². The Morgan fingerprint density at radius 1 is 0.852 bits per heavy atom. The molecule has 8 nitrogen and oxygen atoms in total. The molecule has 1 atom stereocenters. The molecule has 0 N–H and O–H groups in total. The van der Waals surface area contributed by atoms with Crippen LogP contribution < -0.4 is 4.90 Å². The highest BCUT2D eigenvalue weighted by Gasteiger charge is 2.35. The average Bonchev–Trinajstić information content (AvgIpc) is 3.16. The molecule has 2 fully saturated rings. The lowest BCUT2D eigenvalue weighted by molar-refractivity contribution is 0.558. The predicted octanol–water partition coefficient (Wildman–Crippen LogP) is 2.66. The normalized spacial score (nSPS) is 23.0. The van der Waals surface area contributed by atoms with Crippen molar-refractivity contribution in [3.8, 4) is 0 Å². The molecule has 0 bridgehead atoms. The molecule has 1 unspecified atom stereocenters. The van der Waals surface area contributed by atoms with Gasteiger partial charge >= 0.3 is 0 Å². The molecule has 5 heterocycles. The van der Waals surface area contributed by atoms with E-state index in [1.807, 2.05) is 12.4 Å². The molecule has 0 spiro atoms. The standard InChI is InChI=1S/C19H24N8/c1-2-6-15-21-23-17(26(15)10-3-1)14-5-4-11-25(14)18-19-24-22-16(13-7-8-13)27(19)12-9-20-18/h9,12-14H,1-8,10-11H2. The highest BCUT2D eigenvalue weighted by molar-refractivity contribution is 5.65. The van der Waals surface area contributed by atoms with Gasteiger partial charge in [-0.3, -0.25) is 4.40 Å². The van der Waals surface area contributed by atoms with Crippen LogP contribution in [0.25, 0.3) is 5.65 Å². The minimum absolute atomic E-state index is 0.226. The number of rotatable bonds is 3. The summed E-state index contributed by atoms with van der Waals surface area (Å²) in [5, 5.41) is 18.1. The van der Waals surface area contributed by atoms with E-state index in [0.717, 1.165) is 61.3 Å². The van der Waals surface area contributed by atoms with Crippen LogP contribution in [0.3, 0.4) is 0 Å². The molecule has 1 saturated heterocycles. The van der Waals surface area contributed by atoms with Gasteiger partial charge in [-0.25, -0.2) is 4.98 Å². The maximum atomic E-state index is 4.72. The van der Waals surface area contributed by atoms with E-state index in [1.165, 1.54) is 32.1 Å². The summed E-state index contributed by atoms with van der Waals surface area (Å²) in [7, 11) is 0. The van der Waals surface area contributed by atoms with Gasteiger partial charge in [-0.15, -0.1) is 20.4 Å². The van der Waals surface area contributed by atoms with Crippen molar-refractivity contribution in [1.29, 1.82) is 0 Å². The molecule has 0 amide bonds. The van der Waals surface area contributed by atoms with Crippen LogP contribution in [0.4, 0.5) is 5.82 Å². The minimum atomic E-state index is 0.226. The van der Waals surface area contributed by atoms with Crippen molar-refractivity contribution in [1.82, 2.24) is 34.3 Å². The Labute approximate surface area is 157 Å². The summed E-state index contributed by atoms with van der Waals surface area (Å²) < 4.78 is 4.51. The van der Waals surface area contributed by atoms with Crippen molar-refractivity contribution in [2.24, 2.45) is 0 Å². The van der Waals surface area contributed by atoms with Crippen LogP contribution in [-0.4, -0.2) is 40.9 Å². The Hall–Kier alpha value is -2.51. The van der Waals surface area contributed by atoms with Gasteiger partial charge in [0, 0.05) is 37.8 Å². The second-order valence-electron chi connectivity index (χ2n) is 8.07. The van der Waals surface area contributed by atoms with E-state index in [9.17, 15) is 0 Å². The zero-order valence-corrected chi connectivity index (χ0v) is 15.5. The van der Waals surface area contributed by atoms with Crippen LogP contribution in [-0.2, 0) is 13.0 Å². The lowest BCUT2D eigenvalue weighted by Gasteiger charge is -2.25. The zero-order chi connectivity index (χ0) is 17.8. The number of aromatic nitrogens is 7. The smallest absolute Gasteiger partial charge is 0.203 e. The molecule has 0 aromatic carbocycles. The average molecular weight is 364 g/mol. The van der Waals surface area contributed by atoms with Crippen molar-refractivity contribution in [2.45, 2.75) is 69.9 Å². The first kappa shape index (κ1) is 15.5. The van der Waals surface area contributed by atoms with Gasteiger partial charge < -0.3 is 9.47 Å². The van der Waals surface area contributed by atoms with Crippen molar-refractivity contribution in [2.75, 3.05) is 11.4 Å². The molecule has 3 aliphatic rings. The number of fused-ring (bicyclic) bond motifs is 2. The maximum absolute atomic E-state index is 4.72. The maximum Gasteiger partial charge on any atom is 0.203 e. The van der Waals surface area contributed by atoms with Gasteiger partial charge in [0.1, 0.15) is 11.6 Å². The summed E-state index contributed by atoms with van der Waals surface area (Å²) in [5.74, 6) is 4.84. The Balaban J connectivity index is 1.41. The predicted molar refractivity (Wildman–Crippen MR) is 99.7 cm³/mol. The quantitative estimate of drug-likeness (QED) is 0.711. The summed E-state index contributed by atoms with van der Waals surface area (Å²) in [6.07, 6.45) is 13.3. The van der Waals surface area contributed by atoms with Gasteiger partial charge in [-0.2, -0.15) is 0 Å². The third kappa shape index (κ3) is 2.45. The molecule has 0 radical (unpaired) electrons. The minimum Gasteiger partial charge on any atom is -0.343 e. The monoisotopic (exact) mass is 364 g/mol. The molecule has 27 heavy (non-hydrogen) atoms. The van der Waals surface area contributed by atoms with Gasteiger partial charge in [0.2, 0.25) is 5.65 Å². The first-order chi connectivity index (χ1) is 13.4. The van der Waals surface area contributed by atoms with Crippen LogP contribution in [0.15, 0.2) is 12.4 Å². The topological polar surface area (TPSA) is 77.0 Å². The zero-order valence-electron chi connectivity index (χ0n) is 15.5. The van der Waals surface area contributed by atoms with E-state index >= 15 is 0 Å². The first-order valence-electron chi connectivity index (χ1n) is 10.3. The SMILES string of the molecule is c1cn2c(C3CC3)nnc2c(N2CCCC2c2nnc3n2CCCCC3)n1. The number of anilines is 1. The fourth-order valence-electron chi connectivity index (χ4n) is 4.70. The lowest BCUT2D eigenvalue weighted by Crippen LogP contribution is -2.27. The van der Waals surface area contributed by atoms with Crippen LogP contribution in [0.5, 0.6) is 0 Å². The molecule has 3 aromatic rings. The second kappa shape index (κ2) is 6.00. The van der Waals surface area contributed by atoms with E-state index in [1.54, 1.807) is 0 Å². The summed E-state index contributed by atoms with van der Waals surface area (Å²) in [4.78, 5) is 7.10. The van der Waals surface area contributed by atoms with Gasteiger partial charge in [0.15, 0.2) is 11.6 Å². The second-order valence-corrected chi connectivity index (χ2v) is 8.07. The highest BCUT2D eigenvalue weighted by atomic mass is 15.4. The van der Waals surface area contributed by atoms with Crippen LogP contribution in [0.2, 0.25) is 0 Å². The molecule has 2 aliphatic heterocycles. The third-order valence-corrected chi connectivity index (χ3v) is 6.24. The number of nitrogens with zero attached hydrogens (tertiary/aromatic N) is 8. The molecule has 8 heteroatoms. The molecule has 1 aliphatic carbocycles. The molecule has 140 valence electrons. The van der Waals surface area contributed by atoms with E-state index < -0.39 is 0 Å². The summed E-state index contributed by atoms with van der Waals surface area (Å²) >= 11 is 0. The van der Waals surface area contributed by atoms with Crippen molar-refractivity contribution >= 4 is 11.5 Å². The molecular weight excluding hydrogens is 340 g/mol. The van der Waals surface area contributed by atoms with Gasteiger partial charge in [0.25, 0.3) is 0 Å². The van der Waals surface area contributed by atoms with E-state index in [-0.39, 0.29) is 6.04 Å². The Morgan fingerprint density at radius 3 is 2.70 bits per heavy atom. The molecule has 3 aromatic heterocycles. The Bertz CT molecular complexity index is 985. The van der Waals surface area contributed by atoms with Crippen molar-refractivity contribution in [3.05, 3.63) is 29.9 Å². The summed E-state index contributed by atoms with van der Waals surface area (Å²) in [5.41, 5.74) is 0.877. The third-order valence-electron chi connectivity index (χ3n) is 6.24. The van der Waals surface area contributed by atoms with Gasteiger partial charge in [-0.05, 0) is 38.5 Å². The van der Waals surface area contributed by atoms with Crippen molar-refractivity contribution < 1.29 is 0 Å². The summed E-state index contributed by atoms with van der Waals surface area (Å²) in [6.45, 7) is 2.02. The molecule has 6 rings (SSSR count). The Kier molecular flexibility index (Phi) is 3.45. The molecule has 1 saturated carbocycles. The van der Waals surface area contributed by atoms with Gasteiger partial charge in [0.05, 0.1) is 6.04 Å². The van der Waals surface area contributed by atoms with E-state index in [0.29, 0.717) is 5.92 Å². The van der Waals surface area contributed by atoms with Crippen molar-refractivity contribution in [3.63, 3.8) is 0 Å². The Morgan fingerprint density at radius 2 is 1.78 bits per heavy atom. The van der Waals surface area contributed by atoms with Gasteiger partial charge in [-0.1, -0.05) is 6.42 Å². The fourth-order valence-corrected chi connectivity index (χ4v) is 4.70. The van der Waals surface area contributed by atoms with E-state index in [2.05, 4.69) is 34.3 Å². The number of aryl methyl sites for hydroxylation is 1. The largest absolute Gasteiger partial charge is 0.343 e. The molecular formula is C19H24N8.